The lowest BCUT2D eigenvalue weighted by molar-refractivity contribution is 0.476. The minimum absolute atomic E-state index is 0.249. The smallest absolute Gasteiger partial charge is 0.115 e. The van der Waals surface area contributed by atoms with E-state index in [-0.39, 0.29) is 6.04 Å². The second-order valence-corrected chi connectivity index (χ2v) is 4.41. The van der Waals surface area contributed by atoms with E-state index in [1.807, 2.05) is 18.5 Å². The molecule has 1 aromatic carbocycles. The topological polar surface area (TPSA) is 37.8 Å². The van der Waals surface area contributed by atoms with Crippen LogP contribution in [-0.2, 0) is 0 Å². The first-order chi connectivity index (χ1) is 8.83. The predicted molar refractivity (Wildman–Crippen MR) is 73.3 cm³/mol. The van der Waals surface area contributed by atoms with Gasteiger partial charge in [-0.05, 0) is 12.1 Å². The summed E-state index contributed by atoms with van der Waals surface area (Å²) in [6.07, 6.45) is 5.35. The molecular formula is C15H19N3. The fourth-order valence-corrected chi connectivity index (χ4v) is 2.22. The molecule has 3 nitrogen and oxygen atoms in total. The van der Waals surface area contributed by atoms with E-state index in [2.05, 4.69) is 53.4 Å². The fourth-order valence-electron chi connectivity index (χ4n) is 2.22. The molecule has 0 aliphatic heterocycles. The van der Waals surface area contributed by atoms with Crippen LogP contribution in [0.5, 0.6) is 0 Å². The Hall–Kier alpha value is -1.74. The molecule has 2 rings (SSSR count). The van der Waals surface area contributed by atoms with E-state index in [1.54, 1.807) is 6.33 Å². The summed E-state index contributed by atoms with van der Waals surface area (Å²) in [7, 11) is 0. The Morgan fingerprint density at radius 3 is 2.33 bits per heavy atom. The molecule has 18 heavy (non-hydrogen) atoms. The van der Waals surface area contributed by atoms with E-state index in [0.717, 1.165) is 12.1 Å². The number of rotatable bonds is 5. The lowest BCUT2D eigenvalue weighted by Gasteiger charge is -2.25. The number of hydrogen-bond acceptors (Lipinski definition) is 3. The average Bonchev–Trinajstić information content (AvgIpc) is 2.46. The number of hydrogen-bond donors (Lipinski definition) is 1. The Kier molecular flexibility index (Phi) is 4.42. The molecule has 3 heteroatoms. The highest BCUT2D eigenvalue weighted by Crippen LogP contribution is 2.29. The average molecular weight is 241 g/mol. The van der Waals surface area contributed by atoms with Crippen molar-refractivity contribution in [2.24, 2.45) is 0 Å². The SMILES string of the molecule is CCNC(c1cncnc1)C(C)c1ccccc1. The molecule has 0 amide bonds. The Balaban J connectivity index is 2.26. The van der Waals surface area contributed by atoms with Gasteiger partial charge in [-0.3, -0.25) is 0 Å². The number of nitrogens with one attached hydrogen (secondary N) is 1. The normalized spacial score (nSPS) is 14.1. The molecule has 2 unspecified atom stereocenters. The maximum Gasteiger partial charge on any atom is 0.115 e. The fraction of sp³-hybridized carbons (Fsp3) is 0.333. The van der Waals surface area contributed by atoms with Crippen molar-refractivity contribution >= 4 is 0 Å². The van der Waals surface area contributed by atoms with Crippen LogP contribution in [0.3, 0.4) is 0 Å². The maximum atomic E-state index is 4.11. The molecule has 2 atom stereocenters. The van der Waals surface area contributed by atoms with Crippen molar-refractivity contribution in [1.29, 1.82) is 0 Å². The van der Waals surface area contributed by atoms with Gasteiger partial charge in [0.15, 0.2) is 0 Å². The first-order valence-electron chi connectivity index (χ1n) is 6.36. The van der Waals surface area contributed by atoms with Crippen molar-refractivity contribution in [3.63, 3.8) is 0 Å². The van der Waals surface area contributed by atoms with E-state index < -0.39 is 0 Å². The summed E-state index contributed by atoms with van der Waals surface area (Å²) in [4.78, 5) is 8.23. The van der Waals surface area contributed by atoms with Gasteiger partial charge in [-0.15, -0.1) is 0 Å². The van der Waals surface area contributed by atoms with Crippen LogP contribution in [0.2, 0.25) is 0 Å². The molecule has 0 fully saturated rings. The van der Waals surface area contributed by atoms with Crippen molar-refractivity contribution in [3.8, 4) is 0 Å². The van der Waals surface area contributed by atoms with Gasteiger partial charge in [-0.1, -0.05) is 44.2 Å². The molecule has 94 valence electrons. The number of benzene rings is 1. The van der Waals surface area contributed by atoms with Gasteiger partial charge in [-0.2, -0.15) is 0 Å². The van der Waals surface area contributed by atoms with Crippen molar-refractivity contribution in [2.75, 3.05) is 6.54 Å². The van der Waals surface area contributed by atoms with Gasteiger partial charge in [0.2, 0.25) is 0 Å². The van der Waals surface area contributed by atoms with Gasteiger partial charge in [0.05, 0.1) is 0 Å². The van der Waals surface area contributed by atoms with Gasteiger partial charge >= 0.3 is 0 Å². The highest BCUT2D eigenvalue weighted by molar-refractivity contribution is 5.24. The van der Waals surface area contributed by atoms with E-state index in [1.165, 1.54) is 5.56 Å². The molecular weight excluding hydrogens is 222 g/mol. The van der Waals surface area contributed by atoms with Crippen LogP contribution in [0.25, 0.3) is 0 Å². The molecule has 0 aliphatic rings. The molecule has 1 aromatic heterocycles. The molecule has 0 spiro atoms. The van der Waals surface area contributed by atoms with Crippen LogP contribution in [0.15, 0.2) is 49.1 Å². The van der Waals surface area contributed by atoms with Crippen LogP contribution < -0.4 is 5.32 Å². The zero-order chi connectivity index (χ0) is 12.8. The Morgan fingerprint density at radius 1 is 1.06 bits per heavy atom. The van der Waals surface area contributed by atoms with Crippen LogP contribution in [0, 0.1) is 0 Å². The van der Waals surface area contributed by atoms with Crippen LogP contribution in [-0.4, -0.2) is 16.5 Å². The summed E-state index contributed by atoms with van der Waals surface area (Å²) in [6, 6.07) is 10.8. The molecule has 1 heterocycles. The molecule has 1 N–H and O–H groups in total. The predicted octanol–water partition coefficient (Wildman–Crippen LogP) is 2.93. The number of nitrogens with zero attached hydrogens (tertiary/aromatic N) is 2. The monoisotopic (exact) mass is 241 g/mol. The molecule has 2 aromatic rings. The van der Waals surface area contributed by atoms with Crippen molar-refractivity contribution in [3.05, 3.63) is 60.2 Å². The van der Waals surface area contributed by atoms with Crippen molar-refractivity contribution in [1.82, 2.24) is 15.3 Å². The third kappa shape index (κ3) is 2.93. The van der Waals surface area contributed by atoms with Gasteiger partial charge in [0.25, 0.3) is 0 Å². The molecule has 0 saturated carbocycles. The highest BCUT2D eigenvalue weighted by atomic mass is 14.9. The zero-order valence-electron chi connectivity index (χ0n) is 10.9. The van der Waals surface area contributed by atoms with E-state index in [0.29, 0.717) is 5.92 Å². The lowest BCUT2D eigenvalue weighted by atomic mass is 9.90. The van der Waals surface area contributed by atoms with Gasteiger partial charge < -0.3 is 5.32 Å². The van der Waals surface area contributed by atoms with Crippen molar-refractivity contribution in [2.45, 2.75) is 25.8 Å². The molecule has 0 aliphatic carbocycles. The summed E-state index contributed by atoms with van der Waals surface area (Å²) in [6.45, 7) is 5.28. The van der Waals surface area contributed by atoms with E-state index in [4.69, 9.17) is 0 Å². The summed E-state index contributed by atoms with van der Waals surface area (Å²) in [5.74, 6) is 0.386. The third-order valence-corrected chi connectivity index (χ3v) is 3.19. The van der Waals surface area contributed by atoms with E-state index >= 15 is 0 Å². The quantitative estimate of drug-likeness (QED) is 0.874. The van der Waals surface area contributed by atoms with Crippen LogP contribution in [0.4, 0.5) is 0 Å². The van der Waals surface area contributed by atoms with Crippen molar-refractivity contribution < 1.29 is 0 Å². The Labute approximate surface area is 108 Å². The number of likely N-dealkylation sites (N-methyl/N-ethyl adjacent to an activating group) is 1. The maximum absolute atomic E-state index is 4.11. The Morgan fingerprint density at radius 2 is 1.72 bits per heavy atom. The molecule has 0 radical (unpaired) electrons. The molecule has 0 saturated heterocycles. The summed E-state index contributed by atoms with van der Waals surface area (Å²) >= 11 is 0. The van der Waals surface area contributed by atoms with E-state index in [9.17, 15) is 0 Å². The van der Waals surface area contributed by atoms with Crippen LogP contribution >= 0.6 is 0 Å². The first kappa shape index (κ1) is 12.7. The first-order valence-corrected chi connectivity index (χ1v) is 6.36. The standard InChI is InChI=1S/C15H19N3/c1-3-18-15(14-9-16-11-17-10-14)12(2)13-7-5-4-6-8-13/h4-12,15,18H,3H2,1-2H3. The summed E-state index contributed by atoms with van der Waals surface area (Å²) < 4.78 is 0. The minimum atomic E-state index is 0.249. The second-order valence-electron chi connectivity index (χ2n) is 4.41. The van der Waals surface area contributed by atoms with Gasteiger partial charge in [0.1, 0.15) is 6.33 Å². The Bertz CT molecular complexity index is 456. The third-order valence-electron chi connectivity index (χ3n) is 3.19. The zero-order valence-corrected chi connectivity index (χ0v) is 10.9. The van der Waals surface area contributed by atoms with Crippen LogP contribution in [0.1, 0.15) is 36.9 Å². The highest BCUT2D eigenvalue weighted by Gasteiger charge is 2.20. The largest absolute Gasteiger partial charge is 0.310 e. The minimum Gasteiger partial charge on any atom is -0.310 e. The summed E-state index contributed by atoms with van der Waals surface area (Å²) in [5.41, 5.74) is 2.46. The lowest BCUT2D eigenvalue weighted by Crippen LogP contribution is -2.26. The second kappa shape index (κ2) is 6.26. The summed E-state index contributed by atoms with van der Waals surface area (Å²) in [5, 5.41) is 3.52. The van der Waals surface area contributed by atoms with Gasteiger partial charge in [0, 0.05) is 29.9 Å². The van der Waals surface area contributed by atoms with Gasteiger partial charge in [-0.25, -0.2) is 9.97 Å². The number of aromatic nitrogens is 2. The molecule has 0 bridgehead atoms.